The predicted octanol–water partition coefficient (Wildman–Crippen LogP) is 1.30. The SMILES string of the molecule is COc1ccc(CCC(=O)N2CCCN(C(=O)C3CCNC3)CC2)cc1. The quantitative estimate of drug-likeness (QED) is 0.861. The third-order valence-corrected chi connectivity index (χ3v) is 5.36. The van der Waals surface area contributed by atoms with Crippen LogP contribution < -0.4 is 10.1 Å². The number of ether oxygens (including phenoxy) is 1. The summed E-state index contributed by atoms with van der Waals surface area (Å²) in [4.78, 5) is 29.0. The number of carbonyl (C=O) groups is 2. The summed E-state index contributed by atoms with van der Waals surface area (Å²) in [5, 5.41) is 3.25. The van der Waals surface area contributed by atoms with Crippen molar-refractivity contribution in [3.8, 4) is 5.75 Å². The van der Waals surface area contributed by atoms with E-state index in [1.807, 2.05) is 34.1 Å². The molecule has 1 aromatic rings. The highest BCUT2D eigenvalue weighted by molar-refractivity contribution is 5.80. The fourth-order valence-electron chi connectivity index (χ4n) is 3.71. The molecule has 0 radical (unpaired) electrons. The van der Waals surface area contributed by atoms with Gasteiger partial charge >= 0.3 is 0 Å². The summed E-state index contributed by atoms with van der Waals surface area (Å²) in [6, 6.07) is 7.86. The van der Waals surface area contributed by atoms with Gasteiger partial charge in [0.25, 0.3) is 0 Å². The first kappa shape index (κ1) is 18.7. The van der Waals surface area contributed by atoms with E-state index in [0.717, 1.165) is 56.8 Å². The van der Waals surface area contributed by atoms with E-state index in [1.54, 1.807) is 7.11 Å². The molecule has 142 valence electrons. The summed E-state index contributed by atoms with van der Waals surface area (Å²) < 4.78 is 5.16. The third kappa shape index (κ3) is 4.75. The largest absolute Gasteiger partial charge is 0.497 e. The maximum atomic E-state index is 12.6. The molecule has 0 aliphatic carbocycles. The highest BCUT2D eigenvalue weighted by Crippen LogP contribution is 2.16. The van der Waals surface area contributed by atoms with Crippen LogP contribution >= 0.6 is 0 Å². The molecule has 0 saturated carbocycles. The van der Waals surface area contributed by atoms with E-state index in [1.165, 1.54) is 0 Å². The number of hydrogen-bond acceptors (Lipinski definition) is 4. The molecule has 2 aliphatic heterocycles. The number of benzene rings is 1. The van der Waals surface area contributed by atoms with Crippen LogP contribution in [0, 0.1) is 5.92 Å². The summed E-state index contributed by atoms with van der Waals surface area (Å²) in [7, 11) is 1.65. The van der Waals surface area contributed by atoms with Gasteiger partial charge < -0.3 is 19.9 Å². The molecule has 2 amide bonds. The Labute approximate surface area is 155 Å². The van der Waals surface area contributed by atoms with Crippen molar-refractivity contribution < 1.29 is 14.3 Å². The Balaban J connectivity index is 1.46. The standard InChI is InChI=1S/C20H29N3O3/c1-26-18-6-3-16(4-7-18)5-8-19(24)22-11-2-12-23(14-13-22)20(25)17-9-10-21-15-17/h3-4,6-7,17,21H,2,5,8-15H2,1H3. The lowest BCUT2D eigenvalue weighted by atomic mass is 10.1. The van der Waals surface area contributed by atoms with Gasteiger partial charge in [-0.15, -0.1) is 0 Å². The molecule has 2 fully saturated rings. The van der Waals surface area contributed by atoms with Crippen LogP contribution in [-0.2, 0) is 16.0 Å². The lowest BCUT2D eigenvalue weighted by Crippen LogP contribution is -2.40. The van der Waals surface area contributed by atoms with Gasteiger partial charge in [0.2, 0.25) is 11.8 Å². The number of aryl methyl sites for hydroxylation is 1. The number of amides is 2. The molecule has 0 spiro atoms. The van der Waals surface area contributed by atoms with Crippen molar-refractivity contribution in [2.75, 3.05) is 46.4 Å². The Hall–Kier alpha value is -2.08. The number of hydrogen-bond donors (Lipinski definition) is 1. The second-order valence-corrected chi connectivity index (χ2v) is 7.10. The molecule has 1 atom stereocenters. The van der Waals surface area contributed by atoms with E-state index in [0.29, 0.717) is 19.5 Å². The maximum Gasteiger partial charge on any atom is 0.227 e. The maximum absolute atomic E-state index is 12.6. The lowest BCUT2D eigenvalue weighted by molar-refractivity contribution is -0.136. The van der Waals surface area contributed by atoms with Crippen molar-refractivity contribution >= 4 is 11.8 Å². The second kappa shape index (κ2) is 9.03. The highest BCUT2D eigenvalue weighted by Gasteiger charge is 2.29. The summed E-state index contributed by atoms with van der Waals surface area (Å²) in [6.45, 7) is 4.53. The van der Waals surface area contributed by atoms with Gasteiger partial charge in [-0.05, 0) is 43.5 Å². The molecule has 2 aliphatic rings. The molecular formula is C20H29N3O3. The van der Waals surface area contributed by atoms with Gasteiger partial charge in [-0.25, -0.2) is 0 Å². The van der Waals surface area contributed by atoms with Crippen molar-refractivity contribution in [3.63, 3.8) is 0 Å². The Morgan fingerprint density at radius 1 is 1.12 bits per heavy atom. The number of carbonyl (C=O) groups excluding carboxylic acids is 2. The van der Waals surface area contributed by atoms with Crippen LogP contribution in [0.25, 0.3) is 0 Å². The summed E-state index contributed by atoms with van der Waals surface area (Å²) in [5.41, 5.74) is 1.14. The number of methoxy groups -OCH3 is 1. The highest BCUT2D eigenvalue weighted by atomic mass is 16.5. The molecule has 1 aromatic carbocycles. The fraction of sp³-hybridized carbons (Fsp3) is 0.600. The molecule has 26 heavy (non-hydrogen) atoms. The molecule has 0 aromatic heterocycles. The van der Waals surface area contributed by atoms with Crippen molar-refractivity contribution in [2.45, 2.75) is 25.7 Å². The van der Waals surface area contributed by atoms with Gasteiger partial charge in [-0.2, -0.15) is 0 Å². The molecule has 3 rings (SSSR count). The fourth-order valence-corrected chi connectivity index (χ4v) is 3.71. The van der Waals surface area contributed by atoms with Crippen LogP contribution in [0.4, 0.5) is 0 Å². The van der Waals surface area contributed by atoms with Crippen LogP contribution in [0.1, 0.15) is 24.8 Å². The first-order valence-electron chi connectivity index (χ1n) is 9.57. The van der Waals surface area contributed by atoms with Crippen LogP contribution in [0.15, 0.2) is 24.3 Å². The Morgan fingerprint density at radius 2 is 1.85 bits per heavy atom. The van der Waals surface area contributed by atoms with Gasteiger partial charge in [0.05, 0.1) is 13.0 Å². The van der Waals surface area contributed by atoms with Crippen molar-refractivity contribution in [1.29, 1.82) is 0 Å². The van der Waals surface area contributed by atoms with Crippen LogP contribution in [0.2, 0.25) is 0 Å². The number of nitrogens with one attached hydrogen (secondary N) is 1. The molecule has 0 bridgehead atoms. The third-order valence-electron chi connectivity index (χ3n) is 5.36. The average molecular weight is 359 g/mol. The molecule has 6 nitrogen and oxygen atoms in total. The van der Waals surface area contributed by atoms with Gasteiger partial charge in [0.15, 0.2) is 0 Å². The van der Waals surface area contributed by atoms with Crippen LogP contribution in [0.5, 0.6) is 5.75 Å². The average Bonchev–Trinajstić information content (AvgIpc) is 3.10. The van der Waals surface area contributed by atoms with E-state index >= 15 is 0 Å². The molecule has 6 heteroatoms. The summed E-state index contributed by atoms with van der Waals surface area (Å²) in [5.74, 6) is 1.38. The monoisotopic (exact) mass is 359 g/mol. The van der Waals surface area contributed by atoms with Gasteiger partial charge in [0.1, 0.15) is 5.75 Å². The predicted molar refractivity (Wildman–Crippen MR) is 100 cm³/mol. The molecule has 2 heterocycles. The molecular weight excluding hydrogens is 330 g/mol. The minimum atomic E-state index is 0.118. The number of nitrogens with zero attached hydrogens (tertiary/aromatic N) is 2. The van der Waals surface area contributed by atoms with Gasteiger partial charge in [-0.3, -0.25) is 9.59 Å². The first-order valence-corrected chi connectivity index (χ1v) is 9.57. The minimum absolute atomic E-state index is 0.118. The zero-order chi connectivity index (χ0) is 18.4. The Morgan fingerprint density at radius 3 is 2.54 bits per heavy atom. The van der Waals surface area contributed by atoms with Gasteiger partial charge in [0, 0.05) is 39.1 Å². The van der Waals surface area contributed by atoms with E-state index in [-0.39, 0.29) is 17.7 Å². The van der Waals surface area contributed by atoms with E-state index < -0.39 is 0 Å². The van der Waals surface area contributed by atoms with Crippen LogP contribution in [-0.4, -0.2) is 68.0 Å². The normalized spacial score (nSPS) is 20.7. The van der Waals surface area contributed by atoms with Crippen LogP contribution in [0.3, 0.4) is 0 Å². The minimum Gasteiger partial charge on any atom is -0.497 e. The van der Waals surface area contributed by atoms with Gasteiger partial charge in [-0.1, -0.05) is 12.1 Å². The van der Waals surface area contributed by atoms with Crippen molar-refractivity contribution in [3.05, 3.63) is 29.8 Å². The van der Waals surface area contributed by atoms with E-state index in [4.69, 9.17) is 4.74 Å². The molecule has 1 unspecified atom stereocenters. The first-order chi connectivity index (χ1) is 12.7. The Bertz CT molecular complexity index is 611. The van der Waals surface area contributed by atoms with Crippen molar-refractivity contribution in [1.82, 2.24) is 15.1 Å². The molecule has 2 saturated heterocycles. The van der Waals surface area contributed by atoms with Crippen molar-refractivity contribution in [2.24, 2.45) is 5.92 Å². The zero-order valence-electron chi connectivity index (χ0n) is 15.6. The topological polar surface area (TPSA) is 61.9 Å². The summed E-state index contributed by atoms with van der Waals surface area (Å²) in [6.07, 6.45) is 3.03. The Kier molecular flexibility index (Phi) is 6.50. The van der Waals surface area contributed by atoms with E-state index in [2.05, 4.69) is 5.32 Å². The smallest absolute Gasteiger partial charge is 0.227 e. The second-order valence-electron chi connectivity index (χ2n) is 7.10. The molecule has 1 N–H and O–H groups in total. The summed E-state index contributed by atoms with van der Waals surface area (Å²) >= 11 is 0. The van der Waals surface area contributed by atoms with E-state index in [9.17, 15) is 9.59 Å². The zero-order valence-corrected chi connectivity index (χ0v) is 15.6. The lowest BCUT2D eigenvalue weighted by Gasteiger charge is -2.24. The number of rotatable bonds is 5.